The Labute approximate surface area is 146 Å². The first-order valence-corrected chi connectivity index (χ1v) is 8.16. The fraction of sp³-hybridized carbons (Fsp3) is 0.333. The van der Waals surface area contributed by atoms with E-state index in [1.807, 2.05) is 37.3 Å². The summed E-state index contributed by atoms with van der Waals surface area (Å²) >= 11 is 0. The molecule has 0 saturated carbocycles. The number of amides is 3. The van der Waals surface area contributed by atoms with Crippen LogP contribution in [0, 0.1) is 0 Å². The van der Waals surface area contributed by atoms with Gasteiger partial charge in [-0.05, 0) is 30.7 Å². The molecule has 3 amide bonds. The number of anilines is 1. The van der Waals surface area contributed by atoms with Gasteiger partial charge in [0.2, 0.25) is 5.91 Å². The van der Waals surface area contributed by atoms with Crippen LogP contribution in [0.5, 0.6) is 0 Å². The lowest BCUT2D eigenvalue weighted by Gasteiger charge is -2.26. The first-order valence-electron chi connectivity index (χ1n) is 8.16. The number of nitrogens with one attached hydrogen (secondary N) is 2. The topological polar surface area (TPSA) is 94.8 Å². The molecule has 0 aliphatic carbocycles. The fourth-order valence-corrected chi connectivity index (χ4v) is 2.25. The van der Waals surface area contributed by atoms with Gasteiger partial charge in [-0.15, -0.1) is 0 Å². The van der Waals surface area contributed by atoms with Crippen LogP contribution in [0.15, 0.2) is 53.1 Å². The number of carbonyl (C=O) groups is 2. The van der Waals surface area contributed by atoms with Gasteiger partial charge in [-0.3, -0.25) is 10.1 Å². The molecule has 0 saturated heterocycles. The summed E-state index contributed by atoms with van der Waals surface area (Å²) in [6, 6.07) is 12.1. The highest BCUT2D eigenvalue weighted by Crippen LogP contribution is 2.14. The second-order valence-electron chi connectivity index (χ2n) is 5.59. The van der Waals surface area contributed by atoms with Gasteiger partial charge in [0.05, 0.1) is 25.5 Å². The minimum absolute atomic E-state index is 0.0325. The highest BCUT2D eigenvalue weighted by atomic mass is 16.3. The van der Waals surface area contributed by atoms with Crippen LogP contribution in [0.3, 0.4) is 0 Å². The van der Waals surface area contributed by atoms with Crippen molar-refractivity contribution >= 4 is 17.6 Å². The second kappa shape index (κ2) is 9.48. The maximum atomic E-state index is 12.1. The van der Waals surface area contributed by atoms with Crippen LogP contribution >= 0.6 is 0 Å². The summed E-state index contributed by atoms with van der Waals surface area (Å²) in [6.45, 7) is 2.34. The highest BCUT2D eigenvalue weighted by molar-refractivity contribution is 5.96. The number of nitrogens with zero attached hydrogens (tertiary/aromatic N) is 1. The number of rotatable bonds is 8. The third-order valence-corrected chi connectivity index (χ3v) is 3.61. The molecule has 0 fully saturated rings. The smallest absolute Gasteiger partial charge is 0.321 e. The summed E-state index contributed by atoms with van der Waals surface area (Å²) in [7, 11) is 0. The van der Waals surface area contributed by atoms with E-state index in [9.17, 15) is 14.7 Å². The molecule has 0 aliphatic rings. The number of imide groups is 1. The lowest BCUT2D eigenvalue weighted by molar-refractivity contribution is -0.118. The minimum atomic E-state index is -0.592. The van der Waals surface area contributed by atoms with Crippen LogP contribution in [0.4, 0.5) is 10.5 Å². The maximum Gasteiger partial charge on any atom is 0.321 e. The van der Waals surface area contributed by atoms with Crippen LogP contribution in [0.1, 0.15) is 19.1 Å². The zero-order valence-electron chi connectivity index (χ0n) is 14.1. The molecule has 1 aromatic heterocycles. The molecule has 1 heterocycles. The molecule has 0 bridgehead atoms. The summed E-state index contributed by atoms with van der Waals surface area (Å²) in [5.74, 6) is 0.142. The first-order chi connectivity index (χ1) is 12.1. The average Bonchev–Trinajstić information content (AvgIpc) is 3.13. The number of aliphatic hydroxyl groups excluding tert-OH is 1. The number of para-hydroxylation sites is 1. The average molecular weight is 345 g/mol. The van der Waals surface area contributed by atoms with E-state index in [0.717, 1.165) is 5.69 Å². The van der Waals surface area contributed by atoms with Gasteiger partial charge in [0, 0.05) is 12.2 Å². The van der Waals surface area contributed by atoms with Gasteiger partial charge < -0.3 is 19.7 Å². The Kier molecular flexibility index (Phi) is 7.03. The molecule has 25 heavy (non-hydrogen) atoms. The van der Waals surface area contributed by atoms with Crippen LogP contribution in [-0.2, 0) is 11.3 Å². The third kappa shape index (κ3) is 6.31. The molecule has 1 unspecified atom stereocenters. The number of benzene rings is 1. The number of aliphatic hydroxyl groups is 1. The standard InChI is InChI=1S/C18H23N3O4/c1-2-15(22)12-21(14-7-4-3-5-8-14)13-17(23)20-18(24)19-11-16-9-6-10-25-16/h3-10,15,22H,2,11-13H2,1H3,(H2,19,20,23,24). The number of hydrogen-bond donors (Lipinski definition) is 3. The Morgan fingerprint density at radius 1 is 1.20 bits per heavy atom. The van der Waals surface area contributed by atoms with E-state index in [1.54, 1.807) is 17.0 Å². The van der Waals surface area contributed by atoms with E-state index >= 15 is 0 Å². The molecule has 0 spiro atoms. The van der Waals surface area contributed by atoms with E-state index in [-0.39, 0.29) is 13.1 Å². The Morgan fingerprint density at radius 2 is 1.96 bits per heavy atom. The van der Waals surface area contributed by atoms with Crippen molar-refractivity contribution in [1.82, 2.24) is 10.6 Å². The monoisotopic (exact) mass is 345 g/mol. The molecule has 3 N–H and O–H groups in total. The molecular weight excluding hydrogens is 322 g/mol. The van der Waals surface area contributed by atoms with Crippen molar-refractivity contribution in [3.63, 3.8) is 0 Å². The lowest BCUT2D eigenvalue weighted by atomic mass is 10.2. The Morgan fingerprint density at radius 3 is 2.60 bits per heavy atom. The number of urea groups is 1. The number of carbonyl (C=O) groups excluding carboxylic acids is 2. The molecule has 7 heteroatoms. The van der Waals surface area contributed by atoms with Gasteiger partial charge in [-0.25, -0.2) is 4.79 Å². The van der Waals surface area contributed by atoms with Gasteiger partial charge in [-0.1, -0.05) is 25.1 Å². The Bertz CT molecular complexity index is 658. The second-order valence-corrected chi connectivity index (χ2v) is 5.59. The van der Waals surface area contributed by atoms with Crippen LogP contribution in [0.25, 0.3) is 0 Å². The predicted molar refractivity (Wildman–Crippen MR) is 94.0 cm³/mol. The third-order valence-electron chi connectivity index (χ3n) is 3.61. The van der Waals surface area contributed by atoms with Crippen molar-refractivity contribution < 1.29 is 19.1 Å². The molecule has 1 atom stereocenters. The molecule has 2 aromatic rings. The molecule has 2 rings (SSSR count). The summed E-state index contributed by atoms with van der Waals surface area (Å²) in [5.41, 5.74) is 0.807. The normalized spacial score (nSPS) is 11.6. The molecule has 134 valence electrons. The zero-order chi connectivity index (χ0) is 18.1. The van der Waals surface area contributed by atoms with Gasteiger partial charge >= 0.3 is 6.03 Å². The Balaban J connectivity index is 1.88. The van der Waals surface area contributed by atoms with Crippen LogP contribution in [0.2, 0.25) is 0 Å². The maximum absolute atomic E-state index is 12.1. The predicted octanol–water partition coefficient (Wildman–Crippen LogP) is 1.88. The largest absolute Gasteiger partial charge is 0.467 e. The lowest BCUT2D eigenvalue weighted by Crippen LogP contribution is -2.46. The van der Waals surface area contributed by atoms with Gasteiger partial charge in [-0.2, -0.15) is 0 Å². The van der Waals surface area contributed by atoms with E-state index in [4.69, 9.17) is 4.42 Å². The van der Waals surface area contributed by atoms with Crippen molar-refractivity contribution in [2.45, 2.75) is 26.0 Å². The van der Waals surface area contributed by atoms with Gasteiger partial charge in [0.1, 0.15) is 5.76 Å². The molecular formula is C18H23N3O4. The van der Waals surface area contributed by atoms with Crippen molar-refractivity contribution in [3.8, 4) is 0 Å². The van der Waals surface area contributed by atoms with E-state index in [2.05, 4.69) is 10.6 Å². The van der Waals surface area contributed by atoms with Crippen molar-refractivity contribution in [2.75, 3.05) is 18.0 Å². The minimum Gasteiger partial charge on any atom is -0.467 e. The molecule has 7 nitrogen and oxygen atoms in total. The van der Waals surface area contributed by atoms with E-state index in [0.29, 0.717) is 18.7 Å². The van der Waals surface area contributed by atoms with Crippen LogP contribution < -0.4 is 15.5 Å². The highest BCUT2D eigenvalue weighted by Gasteiger charge is 2.16. The van der Waals surface area contributed by atoms with E-state index in [1.165, 1.54) is 6.26 Å². The summed E-state index contributed by atoms with van der Waals surface area (Å²) in [4.78, 5) is 25.7. The molecule has 0 radical (unpaired) electrons. The first kappa shape index (κ1) is 18.5. The zero-order valence-corrected chi connectivity index (χ0v) is 14.1. The fourth-order valence-electron chi connectivity index (χ4n) is 2.25. The van der Waals surface area contributed by atoms with Crippen molar-refractivity contribution in [3.05, 3.63) is 54.5 Å². The van der Waals surface area contributed by atoms with Crippen LogP contribution in [-0.4, -0.2) is 36.2 Å². The Hall–Kier alpha value is -2.80. The summed E-state index contributed by atoms with van der Waals surface area (Å²) in [6.07, 6.45) is 1.53. The number of hydrogen-bond acceptors (Lipinski definition) is 5. The van der Waals surface area contributed by atoms with Gasteiger partial charge in [0.15, 0.2) is 0 Å². The van der Waals surface area contributed by atoms with Gasteiger partial charge in [0.25, 0.3) is 0 Å². The molecule has 1 aromatic carbocycles. The summed E-state index contributed by atoms with van der Waals surface area (Å²) < 4.78 is 5.10. The summed E-state index contributed by atoms with van der Waals surface area (Å²) in [5, 5.41) is 14.7. The van der Waals surface area contributed by atoms with E-state index < -0.39 is 18.0 Å². The van der Waals surface area contributed by atoms with Crippen molar-refractivity contribution in [2.24, 2.45) is 0 Å². The quantitative estimate of drug-likeness (QED) is 0.679. The number of furan rings is 1. The van der Waals surface area contributed by atoms with Crippen molar-refractivity contribution in [1.29, 1.82) is 0 Å². The molecule has 0 aliphatic heterocycles. The SMILES string of the molecule is CCC(O)CN(CC(=O)NC(=O)NCc1ccco1)c1ccccc1.